The molecule has 2 N–H and O–H groups in total. The first-order valence-electron chi connectivity index (χ1n) is 5.08. The number of nitrogens with zero attached hydrogens (tertiary/aromatic N) is 4. The van der Waals surface area contributed by atoms with Crippen LogP contribution in [-0.2, 0) is 6.54 Å². The molecule has 0 unspecified atom stereocenters. The molecule has 0 radical (unpaired) electrons. The Bertz CT molecular complexity index is 542. The second-order valence-corrected chi connectivity index (χ2v) is 3.47. The van der Waals surface area contributed by atoms with Gasteiger partial charge in [-0.1, -0.05) is 6.92 Å². The van der Waals surface area contributed by atoms with E-state index in [2.05, 4.69) is 10.1 Å². The van der Waals surface area contributed by atoms with Crippen molar-refractivity contribution in [2.75, 3.05) is 5.73 Å². The summed E-state index contributed by atoms with van der Waals surface area (Å²) in [5.41, 5.74) is 5.89. The minimum atomic E-state index is -0.160. The van der Waals surface area contributed by atoms with Gasteiger partial charge in [0, 0.05) is 18.9 Å². The molecule has 6 heteroatoms. The molecule has 16 heavy (non-hydrogen) atoms. The van der Waals surface area contributed by atoms with Crippen molar-refractivity contribution in [3.8, 4) is 5.82 Å². The highest BCUT2D eigenvalue weighted by atomic mass is 16.1. The monoisotopic (exact) mass is 219 g/mol. The molecule has 2 rings (SSSR count). The van der Waals surface area contributed by atoms with Crippen LogP contribution in [0.2, 0.25) is 0 Å². The third kappa shape index (κ3) is 1.81. The van der Waals surface area contributed by atoms with Crippen LogP contribution in [0.25, 0.3) is 5.82 Å². The number of hydrogen-bond acceptors (Lipinski definition) is 4. The Labute approximate surface area is 92.3 Å². The molecule has 0 fully saturated rings. The zero-order valence-corrected chi connectivity index (χ0v) is 9.00. The smallest absolute Gasteiger partial charge is 0.295 e. The lowest BCUT2D eigenvalue weighted by atomic mass is 10.4. The largest absolute Gasteiger partial charge is 0.396 e. The van der Waals surface area contributed by atoms with Crippen molar-refractivity contribution in [2.24, 2.45) is 0 Å². The summed E-state index contributed by atoms with van der Waals surface area (Å²) in [6.45, 7) is 2.68. The second kappa shape index (κ2) is 4.18. The molecule has 6 nitrogen and oxygen atoms in total. The molecule has 0 saturated carbocycles. The third-order valence-corrected chi connectivity index (χ3v) is 2.18. The first-order chi connectivity index (χ1) is 7.72. The summed E-state index contributed by atoms with van der Waals surface area (Å²) >= 11 is 0. The average Bonchev–Trinajstić information content (AvgIpc) is 2.68. The maximum Gasteiger partial charge on any atom is 0.295 e. The van der Waals surface area contributed by atoms with Crippen LogP contribution in [0.5, 0.6) is 0 Å². The Hall–Kier alpha value is -2.11. The Kier molecular flexibility index (Phi) is 2.72. The van der Waals surface area contributed by atoms with Gasteiger partial charge >= 0.3 is 0 Å². The SMILES string of the molecule is CCCn1ccnc(-n2cc(N)cn2)c1=O. The number of anilines is 1. The Morgan fingerprint density at radius 1 is 1.50 bits per heavy atom. The Balaban J connectivity index is 2.50. The zero-order chi connectivity index (χ0) is 11.5. The predicted octanol–water partition coefficient (Wildman–Crippen LogP) is 0.421. The van der Waals surface area contributed by atoms with Gasteiger partial charge in [0.05, 0.1) is 18.1 Å². The van der Waals surface area contributed by atoms with E-state index in [0.29, 0.717) is 12.2 Å². The lowest BCUT2D eigenvalue weighted by molar-refractivity contribution is 0.636. The summed E-state index contributed by atoms with van der Waals surface area (Å²) in [5, 5.41) is 3.96. The molecule has 0 amide bonds. The van der Waals surface area contributed by atoms with E-state index in [1.54, 1.807) is 23.2 Å². The van der Waals surface area contributed by atoms with E-state index in [-0.39, 0.29) is 11.4 Å². The van der Waals surface area contributed by atoms with Crippen LogP contribution in [-0.4, -0.2) is 19.3 Å². The number of nitrogen functional groups attached to an aromatic ring is 1. The average molecular weight is 219 g/mol. The number of hydrogen-bond donors (Lipinski definition) is 1. The van der Waals surface area contributed by atoms with Gasteiger partial charge in [-0.15, -0.1) is 0 Å². The van der Waals surface area contributed by atoms with Gasteiger partial charge in [-0.25, -0.2) is 9.67 Å². The first-order valence-corrected chi connectivity index (χ1v) is 5.08. The van der Waals surface area contributed by atoms with E-state index in [1.165, 1.54) is 10.9 Å². The van der Waals surface area contributed by atoms with E-state index in [9.17, 15) is 4.79 Å². The van der Waals surface area contributed by atoms with Crippen molar-refractivity contribution in [2.45, 2.75) is 19.9 Å². The van der Waals surface area contributed by atoms with E-state index in [0.717, 1.165) is 6.42 Å². The van der Waals surface area contributed by atoms with Gasteiger partial charge in [-0.05, 0) is 6.42 Å². The molecule has 0 aliphatic rings. The zero-order valence-electron chi connectivity index (χ0n) is 9.00. The lowest BCUT2D eigenvalue weighted by Crippen LogP contribution is -2.25. The number of rotatable bonds is 3. The molecule has 0 atom stereocenters. The molecule has 84 valence electrons. The molecule has 0 bridgehead atoms. The van der Waals surface area contributed by atoms with Crippen molar-refractivity contribution in [1.82, 2.24) is 19.3 Å². The normalized spacial score (nSPS) is 10.6. The second-order valence-electron chi connectivity index (χ2n) is 3.47. The fraction of sp³-hybridized carbons (Fsp3) is 0.300. The van der Waals surface area contributed by atoms with Crippen LogP contribution in [0.1, 0.15) is 13.3 Å². The predicted molar refractivity (Wildman–Crippen MR) is 60.3 cm³/mol. The van der Waals surface area contributed by atoms with Crippen molar-refractivity contribution in [3.05, 3.63) is 35.1 Å². The van der Waals surface area contributed by atoms with Gasteiger partial charge in [0.1, 0.15) is 0 Å². The lowest BCUT2D eigenvalue weighted by Gasteiger charge is -2.05. The van der Waals surface area contributed by atoms with Crippen LogP contribution in [0.4, 0.5) is 5.69 Å². The van der Waals surface area contributed by atoms with Gasteiger partial charge < -0.3 is 10.3 Å². The highest BCUT2D eigenvalue weighted by Crippen LogP contribution is 2.02. The van der Waals surface area contributed by atoms with Crippen LogP contribution in [0.3, 0.4) is 0 Å². The van der Waals surface area contributed by atoms with E-state index >= 15 is 0 Å². The van der Waals surface area contributed by atoms with Gasteiger partial charge in [0.25, 0.3) is 5.56 Å². The quantitative estimate of drug-likeness (QED) is 0.811. The van der Waals surface area contributed by atoms with Crippen molar-refractivity contribution in [1.29, 1.82) is 0 Å². The van der Waals surface area contributed by atoms with Gasteiger partial charge in [-0.3, -0.25) is 4.79 Å². The van der Waals surface area contributed by atoms with Crippen LogP contribution in [0.15, 0.2) is 29.6 Å². The molecular weight excluding hydrogens is 206 g/mol. The van der Waals surface area contributed by atoms with E-state index in [4.69, 9.17) is 5.73 Å². The van der Waals surface area contributed by atoms with Crippen molar-refractivity contribution in [3.63, 3.8) is 0 Å². The molecule has 0 saturated heterocycles. The maximum atomic E-state index is 12.0. The highest BCUT2D eigenvalue weighted by Gasteiger charge is 2.07. The van der Waals surface area contributed by atoms with Crippen molar-refractivity contribution < 1.29 is 0 Å². The maximum absolute atomic E-state index is 12.0. The van der Waals surface area contributed by atoms with Crippen molar-refractivity contribution >= 4 is 5.69 Å². The molecule has 0 spiro atoms. The molecule has 0 aliphatic carbocycles. The summed E-state index contributed by atoms with van der Waals surface area (Å²) in [6, 6.07) is 0. The van der Waals surface area contributed by atoms with Crippen LogP contribution < -0.4 is 11.3 Å². The minimum Gasteiger partial charge on any atom is -0.396 e. The summed E-state index contributed by atoms with van der Waals surface area (Å²) in [7, 11) is 0. The standard InChI is InChI=1S/C10H13N5O/c1-2-4-14-5-3-12-9(10(14)16)15-7-8(11)6-13-15/h3,5-7H,2,4,11H2,1H3. The fourth-order valence-electron chi connectivity index (χ4n) is 1.46. The van der Waals surface area contributed by atoms with E-state index < -0.39 is 0 Å². The Morgan fingerprint density at radius 2 is 2.31 bits per heavy atom. The molecular formula is C10H13N5O. The summed E-state index contributed by atoms with van der Waals surface area (Å²) in [5.74, 6) is 0.271. The molecule has 0 aliphatic heterocycles. The number of nitrogens with two attached hydrogens (primary N) is 1. The van der Waals surface area contributed by atoms with Gasteiger partial charge in [0.2, 0.25) is 5.82 Å². The van der Waals surface area contributed by atoms with Crippen LogP contribution in [0, 0.1) is 0 Å². The summed E-state index contributed by atoms with van der Waals surface area (Å²) < 4.78 is 3.00. The number of aryl methyl sites for hydroxylation is 1. The number of aromatic nitrogens is 4. The fourth-order valence-corrected chi connectivity index (χ4v) is 1.46. The molecule has 0 aromatic carbocycles. The molecule has 2 aromatic heterocycles. The summed E-state index contributed by atoms with van der Waals surface area (Å²) in [6.07, 6.45) is 7.20. The van der Waals surface area contributed by atoms with Crippen LogP contribution >= 0.6 is 0 Å². The molecule has 2 heterocycles. The minimum absolute atomic E-state index is 0.160. The topological polar surface area (TPSA) is 78.7 Å². The van der Waals surface area contributed by atoms with Gasteiger partial charge in [0.15, 0.2) is 0 Å². The third-order valence-electron chi connectivity index (χ3n) is 2.18. The van der Waals surface area contributed by atoms with E-state index in [1.807, 2.05) is 6.92 Å². The first kappa shape index (κ1) is 10.4. The summed E-state index contributed by atoms with van der Waals surface area (Å²) in [4.78, 5) is 16.0. The highest BCUT2D eigenvalue weighted by molar-refractivity contribution is 5.34. The van der Waals surface area contributed by atoms with Gasteiger partial charge in [-0.2, -0.15) is 5.10 Å². The Morgan fingerprint density at radius 3 is 2.94 bits per heavy atom. The molecule has 2 aromatic rings.